The first-order chi connectivity index (χ1) is 12.1. The van der Waals surface area contributed by atoms with Crippen molar-refractivity contribution in [1.29, 1.82) is 0 Å². The van der Waals surface area contributed by atoms with Gasteiger partial charge in [0.25, 0.3) is 5.91 Å². The van der Waals surface area contributed by atoms with E-state index in [0.717, 1.165) is 11.2 Å². The summed E-state index contributed by atoms with van der Waals surface area (Å²) >= 11 is 0. The lowest BCUT2D eigenvalue weighted by molar-refractivity contribution is 0.0741. The SMILES string of the molecule is Cc1ccn2cc(C(=O)N3CCN(c4ccccc4F)CC3)nc2c1. The van der Waals surface area contributed by atoms with Gasteiger partial charge in [0.2, 0.25) is 0 Å². The maximum absolute atomic E-state index is 13.9. The van der Waals surface area contributed by atoms with Crippen LogP contribution in [-0.4, -0.2) is 46.4 Å². The van der Waals surface area contributed by atoms with Crippen LogP contribution in [0.3, 0.4) is 0 Å². The third kappa shape index (κ3) is 2.95. The Morgan fingerprint density at radius 1 is 1.12 bits per heavy atom. The third-order valence-electron chi connectivity index (χ3n) is 4.59. The summed E-state index contributed by atoms with van der Waals surface area (Å²) in [6.07, 6.45) is 3.67. The summed E-state index contributed by atoms with van der Waals surface area (Å²) in [5, 5.41) is 0. The molecule has 0 radical (unpaired) electrons. The second kappa shape index (κ2) is 6.20. The van der Waals surface area contributed by atoms with E-state index in [1.165, 1.54) is 6.07 Å². The van der Waals surface area contributed by atoms with Crippen LogP contribution in [0.4, 0.5) is 10.1 Å². The smallest absolute Gasteiger partial charge is 0.274 e. The van der Waals surface area contributed by atoms with Crippen LogP contribution in [0.1, 0.15) is 16.1 Å². The first kappa shape index (κ1) is 15.6. The Kier molecular flexibility index (Phi) is 3.87. The molecule has 1 aliphatic heterocycles. The molecule has 1 amide bonds. The second-order valence-electron chi connectivity index (χ2n) is 6.33. The highest BCUT2D eigenvalue weighted by Crippen LogP contribution is 2.20. The van der Waals surface area contributed by atoms with Crippen LogP contribution in [0.25, 0.3) is 5.65 Å². The van der Waals surface area contributed by atoms with Crippen LogP contribution in [0.5, 0.6) is 0 Å². The fourth-order valence-electron chi connectivity index (χ4n) is 3.21. The summed E-state index contributed by atoms with van der Waals surface area (Å²) in [6, 6.07) is 10.7. The van der Waals surface area contributed by atoms with Gasteiger partial charge in [-0.2, -0.15) is 0 Å². The predicted molar refractivity (Wildman–Crippen MR) is 94.4 cm³/mol. The number of halogens is 1. The van der Waals surface area contributed by atoms with E-state index in [-0.39, 0.29) is 11.7 Å². The van der Waals surface area contributed by atoms with Gasteiger partial charge in [-0.1, -0.05) is 12.1 Å². The maximum atomic E-state index is 13.9. The standard InChI is InChI=1S/C19H19FN4O/c1-14-6-7-24-13-16(21-18(24)12-14)19(25)23-10-8-22(9-11-23)17-5-3-2-4-15(17)20/h2-7,12-13H,8-11H2,1H3. The molecule has 25 heavy (non-hydrogen) atoms. The molecule has 0 atom stereocenters. The molecule has 3 aromatic rings. The van der Waals surface area contributed by atoms with E-state index in [2.05, 4.69) is 4.98 Å². The van der Waals surface area contributed by atoms with Crippen LogP contribution in [0, 0.1) is 12.7 Å². The average Bonchev–Trinajstić information content (AvgIpc) is 3.05. The van der Waals surface area contributed by atoms with Gasteiger partial charge in [0.1, 0.15) is 17.2 Å². The first-order valence-electron chi connectivity index (χ1n) is 8.36. The number of aromatic nitrogens is 2. The van der Waals surface area contributed by atoms with E-state index < -0.39 is 0 Å². The van der Waals surface area contributed by atoms with Crippen molar-refractivity contribution in [3.8, 4) is 0 Å². The van der Waals surface area contributed by atoms with Crippen molar-refractivity contribution in [3.05, 3.63) is 65.9 Å². The summed E-state index contributed by atoms with van der Waals surface area (Å²) in [4.78, 5) is 20.9. The van der Waals surface area contributed by atoms with Gasteiger partial charge in [-0.15, -0.1) is 0 Å². The minimum Gasteiger partial charge on any atom is -0.366 e. The Labute approximate surface area is 145 Å². The second-order valence-corrected chi connectivity index (χ2v) is 6.33. The van der Waals surface area contributed by atoms with E-state index in [1.54, 1.807) is 23.2 Å². The minimum absolute atomic E-state index is 0.0745. The number of pyridine rings is 1. The van der Waals surface area contributed by atoms with E-state index in [4.69, 9.17) is 0 Å². The number of fused-ring (bicyclic) bond motifs is 1. The molecule has 0 saturated carbocycles. The minimum atomic E-state index is -0.224. The topological polar surface area (TPSA) is 40.9 Å². The van der Waals surface area contributed by atoms with Crippen molar-refractivity contribution < 1.29 is 9.18 Å². The van der Waals surface area contributed by atoms with Crippen LogP contribution < -0.4 is 4.90 Å². The predicted octanol–water partition coefficient (Wildman–Crippen LogP) is 2.74. The summed E-state index contributed by atoms with van der Waals surface area (Å²) < 4.78 is 15.8. The highest BCUT2D eigenvalue weighted by molar-refractivity contribution is 5.93. The van der Waals surface area contributed by atoms with E-state index >= 15 is 0 Å². The number of rotatable bonds is 2. The summed E-state index contributed by atoms with van der Waals surface area (Å²) in [7, 11) is 0. The number of hydrogen-bond acceptors (Lipinski definition) is 3. The molecule has 0 unspecified atom stereocenters. The number of carbonyl (C=O) groups excluding carboxylic acids is 1. The van der Waals surface area contributed by atoms with Crippen molar-refractivity contribution >= 4 is 17.2 Å². The van der Waals surface area contributed by atoms with Gasteiger partial charge in [0.15, 0.2) is 0 Å². The Hall–Kier alpha value is -2.89. The number of piperazine rings is 1. The van der Waals surface area contributed by atoms with Gasteiger partial charge in [-0.25, -0.2) is 9.37 Å². The highest BCUT2D eigenvalue weighted by atomic mass is 19.1. The van der Waals surface area contributed by atoms with Crippen molar-refractivity contribution in [1.82, 2.24) is 14.3 Å². The molecule has 3 heterocycles. The zero-order valence-electron chi connectivity index (χ0n) is 14.0. The number of hydrogen-bond donors (Lipinski definition) is 0. The molecule has 0 bridgehead atoms. The van der Waals surface area contributed by atoms with Crippen LogP contribution >= 0.6 is 0 Å². The normalized spacial score (nSPS) is 15.0. The van der Waals surface area contributed by atoms with Crippen LogP contribution in [0.15, 0.2) is 48.8 Å². The van der Waals surface area contributed by atoms with Crippen LogP contribution in [-0.2, 0) is 0 Å². The monoisotopic (exact) mass is 338 g/mol. The van der Waals surface area contributed by atoms with E-state index in [0.29, 0.717) is 37.6 Å². The third-order valence-corrected chi connectivity index (χ3v) is 4.59. The number of carbonyl (C=O) groups is 1. The number of benzene rings is 1. The fourth-order valence-corrected chi connectivity index (χ4v) is 3.21. The van der Waals surface area contributed by atoms with Gasteiger partial charge in [-0.3, -0.25) is 4.79 Å². The quantitative estimate of drug-likeness (QED) is 0.721. The molecule has 1 fully saturated rings. The van der Waals surface area contributed by atoms with Gasteiger partial charge >= 0.3 is 0 Å². The molecule has 128 valence electrons. The Balaban J connectivity index is 1.48. The van der Waals surface area contributed by atoms with Crippen molar-refractivity contribution in [2.24, 2.45) is 0 Å². The lowest BCUT2D eigenvalue weighted by Gasteiger charge is -2.35. The number of imidazole rings is 1. The molecular weight excluding hydrogens is 319 g/mol. The summed E-state index contributed by atoms with van der Waals surface area (Å²) in [6.45, 7) is 4.33. The van der Waals surface area contributed by atoms with Gasteiger partial charge in [-0.05, 0) is 36.8 Å². The maximum Gasteiger partial charge on any atom is 0.274 e. The molecule has 1 aliphatic rings. The molecule has 0 spiro atoms. The number of amides is 1. The molecule has 1 saturated heterocycles. The first-order valence-corrected chi connectivity index (χ1v) is 8.36. The van der Waals surface area contributed by atoms with Gasteiger partial charge < -0.3 is 14.2 Å². The largest absolute Gasteiger partial charge is 0.366 e. The van der Waals surface area contributed by atoms with Crippen LogP contribution in [0.2, 0.25) is 0 Å². The van der Waals surface area contributed by atoms with Gasteiger partial charge in [0.05, 0.1) is 5.69 Å². The van der Waals surface area contributed by atoms with Crippen molar-refractivity contribution in [2.75, 3.05) is 31.1 Å². The Morgan fingerprint density at radius 2 is 1.88 bits per heavy atom. The molecule has 4 rings (SSSR count). The van der Waals surface area contributed by atoms with E-state index in [1.807, 2.05) is 40.6 Å². The zero-order chi connectivity index (χ0) is 17.4. The van der Waals surface area contributed by atoms with E-state index in [9.17, 15) is 9.18 Å². The molecule has 5 nitrogen and oxygen atoms in total. The number of nitrogens with zero attached hydrogens (tertiary/aromatic N) is 4. The summed E-state index contributed by atoms with van der Waals surface area (Å²) in [5.74, 6) is -0.299. The van der Waals surface area contributed by atoms with Gasteiger partial charge in [0, 0.05) is 38.6 Å². The lowest BCUT2D eigenvalue weighted by atomic mass is 10.2. The number of aryl methyl sites for hydroxylation is 1. The van der Waals surface area contributed by atoms with Crippen molar-refractivity contribution in [3.63, 3.8) is 0 Å². The zero-order valence-corrected chi connectivity index (χ0v) is 14.0. The lowest BCUT2D eigenvalue weighted by Crippen LogP contribution is -2.49. The summed E-state index contributed by atoms with van der Waals surface area (Å²) in [5.41, 5.74) is 2.92. The molecule has 6 heteroatoms. The molecule has 1 aromatic carbocycles. The molecule has 0 N–H and O–H groups in total. The Bertz CT molecular complexity index is 928. The average molecular weight is 338 g/mol. The molecule has 0 aliphatic carbocycles. The molecule has 2 aromatic heterocycles. The molecular formula is C19H19FN4O. The number of para-hydroxylation sites is 1. The fraction of sp³-hybridized carbons (Fsp3) is 0.263. The number of anilines is 1. The Morgan fingerprint density at radius 3 is 2.64 bits per heavy atom. The van der Waals surface area contributed by atoms with Crippen molar-refractivity contribution in [2.45, 2.75) is 6.92 Å². The highest BCUT2D eigenvalue weighted by Gasteiger charge is 2.25.